The van der Waals surface area contributed by atoms with Crippen LogP contribution in [0.4, 0.5) is 4.79 Å². The third kappa shape index (κ3) is 3.61. The number of halogens is 1. The lowest BCUT2D eigenvalue weighted by Crippen LogP contribution is -2.41. The molecule has 2 amide bonds. The highest BCUT2D eigenvalue weighted by molar-refractivity contribution is 7.16. The minimum absolute atomic E-state index is 0.00824. The third-order valence-electron chi connectivity index (χ3n) is 3.06. The van der Waals surface area contributed by atoms with Crippen molar-refractivity contribution in [1.82, 2.24) is 10.6 Å². The van der Waals surface area contributed by atoms with Gasteiger partial charge < -0.3 is 10.6 Å². The lowest BCUT2D eigenvalue weighted by molar-refractivity contribution is 0.234. The maximum atomic E-state index is 11.7. The predicted molar refractivity (Wildman–Crippen MR) is 71.7 cm³/mol. The molecule has 1 fully saturated rings. The van der Waals surface area contributed by atoms with Crippen LogP contribution in [0.5, 0.6) is 0 Å². The van der Waals surface area contributed by atoms with Gasteiger partial charge >= 0.3 is 6.03 Å². The second-order valence-corrected chi connectivity index (χ2v) is 6.21. The molecule has 2 N–H and O–H groups in total. The molecule has 1 heterocycles. The van der Waals surface area contributed by atoms with Crippen LogP contribution in [0.15, 0.2) is 12.1 Å². The lowest BCUT2D eigenvalue weighted by Gasteiger charge is -2.16. The Kier molecular flexibility index (Phi) is 4.29. The Morgan fingerprint density at radius 2 is 2.18 bits per heavy atom. The molecule has 17 heavy (non-hydrogen) atoms. The van der Waals surface area contributed by atoms with Crippen LogP contribution in [0.1, 0.15) is 43.5 Å². The van der Waals surface area contributed by atoms with Gasteiger partial charge in [-0.15, -0.1) is 11.3 Å². The van der Waals surface area contributed by atoms with E-state index in [1.54, 1.807) is 0 Å². The molecule has 3 nitrogen and oxygen atoms in total. The highest BCUT2D eigenvalue weighted by Gasteiger charge is 2.18. The number of hydrogen-bond acceptors (Lipinski definition) is 2. The highest BCUT2D eigenvalue weighted by atomic mass is 35.5. The number of hydrogen-bond donors (Lipinski definition) is 2. The molecule has 2 rings (SSSR count). The maximum Gasteiger partial charge on any atom is 0.315 e. The second-order valence-electron chi connectivity index (χ2n) is 4.46. The minimum atomic E-state index is -0.0751. The molecule has 0 spiro atoms. The first-order valence-corrected chi connectivity index (χ1v) is 7.17. The van der Waals surface area contributed by atoms with Gasteiger partial charge in [-0.1, -0.05) is 24.4 Å². The fourth-order valence-corrected chi connectivity index (χ4v) is 3.19. The lowest BCUT2D eigenvalue weighted by atomic mass is 10.2. The van der Waals surface area contributed by atoms with Crippen molar-refractivity contribution in [2.45, 2.75) is 44.7 Å². The minimum Gasteiger partial charge on any atom is -0.335 e. The Labute approximate surface area is 111 Å². The Hall–Kier alpha value is -0.740. The molecule has 0 saturated heterocycles. The van der Waals surface area contributed by atoms with E-state index < -0.39 is 0 Å². The first kappa shape index (κ1) is 12.7. The summed E-state index contributed by atoms with van der Waals surface area (Å²) in [7, 11) is 0. The molecular weight excluding hydrogens is 256 g/mol. The zero-order valence-electron chi connectivity index (χ0n) is 9.83. The van der Waals surface area contributed by atoms with E-state index in [2.05, 4.69) is 10.6 Å². The van der Waals surface area contributed by atoms with Crippen LogP contribution in [0, 0.1) is 0 Å². The summed E-state index contributed by atoms with van der Waals surface area (Å²) in [6.07, 6.45) is 4.65. The normalized spacial score (nSPS) is 18.0. The zero-order valence-corrected chi connectivity index (χ0v) is 11.4. The van der Waals surface area contributed by atoms with E-state index in [-0.39, 0.29) is 12.1 Å². The molecule has 0 radical (unpaired) electrons. The Morgan fingerprint density at radius 3 is 2.76 bits per heavy atom. The molecule has 1 unspecified atom stereocenters. The van der Waals surface area contributed by atoms with E-state index in [0.29, 0.717) is 6.04 Å². The molecular formula is C12H17ClN2OS. The van der Waals surface area contributed by atoms with Crippen LogP contribution in [0.2, 0.25) is 4.34 Å². The van der Waals surface area contributed by atoms with E-state index >= 15 is 0 Å². The van der Waals surface area contributed by atoms with E-state index in [9.17, 15) is 4.79 Å². The van der Waals surface area contributed by atoms with Crippen LogP contribution in [0.25, 0.3) is 0 Å². The first-order chi connectivity index (χ1) is 8.15. The van der Waals surface area contributed by atoms with Crippen LogP contribution >= 0.6 is 22.9 Å². The van der Waals surface area contributed by atoms with E-state index in [0.717, 1.165) is 22.1 Å². The Bertz CT molecular complexity index is 388. The molecule has 1 saturated carbocycles. The van der Waals surface area contributed by atoms with Crippen molar-refractivity contribution in [3.05, 3.63) is 21.3 Å². The molecule has 1 aliphatic carbocycles. The van der Waals surface area contributed by atoms with Crippen molar-refractivity contribution in [3.8, 4) is 0 Å². The molecule has 1 aromatic heterocycles. The quantitative estimate of drug-likeness (QED) is 0.865. The topological polar surface area (TPSA) is 41.1 Å². The van der Waals surface area contributed by atoms with E-state index in [4.69, 9.17) is 11.6 Å². The van der Waals surface area contributed by atoms with Gasteiger partial charge in [0.15, 0.2) is 0 Å². The van der Waals surface area contributed by atoms with Crippen LogP contribution in [-0.2, 0) is 0 Å². The molecule has 0 aromatic carbocycles. The van der Waals surface area contributed by atoms with Gasteiger partial charge in [-0.25, -0.2) is 4.79 Å². The van der Waals surface area contributed by atoms with Crippen LogP contribution < -0.4 is 10.6 Å². The fourth-order valence-electron chi connectivity index (χ4n) is 2.13. The number of thiophene rings is 1. The van der Waals surface area contributed by atoms with Crippen molar-refractivity contribution < 1.29 is 4.79 Å². The summed E-state index contributed by atoms with van der Waals surface area (Å²) in [4.78, 5) is 12.8. The van der Waals surface area contributed by atoms with Crippen molar-refractivity contribution in [2.75, 3.05) is 0 Å². The Morgan fingerprint density at radius 1 is 1.47 bits per heavy atom. The maximum absolute atomic E-state index is 11.7. The molecule has 1 aliphatic rings. The van der Waals surface area contributed by atoms with Gasteiger partial charge in [0.25, 0.3) is 0 Å². The third-order valence-corrected chi connectivity index (χ3v) is 4.47. The van der Waals surface area contributed by atoms with Crippen LogP contribution in [0.3, 0.4) is 0 Å². The smallest absolute Gasteiger partial charge is 0.315 e. The number of rotatable bonds is 3. The molecule has 1 aromatic rings. The summed E-state index contributed by atoms with van der Waals surface area (Å²) in [6, 6.07) is 4.10. The number of carbonyl (C=O) groups is 1. The number of carbonyl (C=O) groups excluding carboxylic acids is 1. The molecule has 0 aliphatic heterocycles. The summed E-state index contributed by atoms with van der Waals surface area (Å²) >= 11 is 7.37. The van der Waals surface area contributed by atoms with Gasteiger partial charge in [0, 0.05) is 10.9 Å². The SMILES string of the molecule is CC(NC(=O)NC1CCCC1)c1ccc(Cl)s1. The van der Waals surface area contributed by atoms with Crippen molar-refractivity contribution in [2.24, 2.45) is 0 Å². The van der Waals surface area contributed by atoms with Crippen molar-refractivity contribution in [1.29, 1.82) is 0 Å². The number of urea groups is 1. The Balaban J connectivity index is 1.81. The van der Waals surface area contributed by atoms with Gasteiger partial charge in [-0.05, 0) is 31.9 Å². The van der Waals surface area contributed by atoms with Crippen molar-refractivity contribution in [3.63, 3.8) is 0 Å². The molecule has 5 heteroatoms. The standard InChI is InChI=1S/C12H17ClN2OS/c1-8(10-6-7-11(13)17-10)14-12(16)15-9-4-2-3-5-9/h6-9H,2-5H2,1H3,(H2,14,15,16). The summed E-state index contributed by atoms with van der Waals surface area (Å²) in [6.45, 7) is 1.97. The summed E-state index contributed by atoms with van der Waals surface area (Å²) in [5.74, 6) is 0. The van der Waals surface area contributed by atoms with Gasteiger partial charge in [0.2, 0.25) is 0 Å². The van der Waals surface area contributed by atoms with Gasteiger partial charge in [0.1, 0.15) is 0 Å². The van der Waals surface area contributed by atoms with Crippen molar-refractivity contribution >= 4 is 29.0 Å². The van der Waals surface area contributed by atoms with Gasteiger partial charge in [0.05, 0.1) is 10.4 Å². The number of amides is 2. The monoisotopic (exact) mass is 272 g/mol. The fraction of sp³-hybridized carbons (Fsp3) is 0.583. The largest absolute Gasteiger partial charge is 0.335 e. The predicted octanol–water partition coefficient (Wildman–Crippen LogP) is 3.70. The number of nitrogens with one attached hydrogen (secondary N) is 2. The molecule has 1 atom stereocenters. The average Bonchev–Trinajstić information content (AvgIpc) is 2.89. The first-order valence-electron chi connectivity index (χ1n) is 5.97. The summed E-state index contributed by atoms with van der Waals surface area (Å²) in [5.41, 5.74) is 0. The average molecular weight is 273 g/mol. The van der Waals surface area contributed by atoms with Gasteiger partial charge in [-0.3, -0.25) is 0 Å². The summed E-state index contributed by atoms with van der Waals surface area (Å²) < 4.78 is 0.754. The molecule has 0 bridgehead atoms. The van der Waals surface area contributed by atoms with E-state index in [1.807, 2.05) is 19.1 Å². The van der Waals surface area contributed by atoms with Gasteiger partial charge in [-0.2, -0.15) is 0 Å². The van der Waals surface area contributed by atoms with Crippen LogP contribution in [-0.4, -0.2) is 12.1 Å². The molecule has 94 valence electrons. The highest BCUT2D eigenvalue weighted by Crippen LogP contribution is 2.26. The second kappa shape index (κ2) is 5.74. The zero-order chi connectivity index (χ0) is 12.3. The van der Waals surface area contributed by atoms with E-state index in [1.165, 1.54) is 24.2 Å². The summed E-state index contributed by atoms with van der Waals surface area (Å²) in [5, 5.41) is 5.95.